The van der Waals surface area contributed by atoms with Crippen LogP contribution in [0.15, 0.2) is 66.7 Å². The number of halogens is 3. The molecule has 1 aliphatic heterocycles. The normalized spacial score (nSPS) is 12.9. The van der Waals surface area contributed by atoms with Crippen LogP contribution in [0.2, 0.25) is 0 Å². The Hall–Kier alpha value is -5.33. The minimum absolute atomic E-state index is 0.0396. The van der Waals surface area contributed by atoms with E-state index >= 15 is 0 Å². The molecule has 0 spiro atoms. The van der Waals surface area contributed by atoms with E-state index in [1.807, 2.05) is 0 Å². The molecule has 1 aliphatic rings. The number of anilines is 1. The van der Waals surface area contributed by atoms with Crippen LogP contribution in [0.25, 0.3) is 5.69 Å². The summed E-state index contributed by atoms with van der Waals surface area (Å²) >= 11 is 0. The Labute approximate surface area is 256 Å². The Morgan fingerprint density at radius 2 is 1.71 bits per heavy atom. The quantitative estimate of drug-likeness (QED) is 0.305. The van der Waals surface area contributed by atoms with Gasteiger partial charge in [0.25, 0.3) is 17.7 Å². The van der Waals surface area contributed by atoms with Crippen molar-refractivity contribution >= 4 is 23.4 Å². The van der Waals surface area contributed by atoms with Gasteiger partial charge in [0, 0.05) is 49.6 Å². The van der Waals surface area contributed by atoms with Crippen LogP contribution in [0.1, 0.15) is 48.0 Å². The summed E-state index contributed by atoms with van der Waals surface area (Å²) < 4.78 is 54.3. The SMILES string of the molecule is COc1ccc(-n2nc(C(F)(F)F)c3c2C(=O)N(c2ccc(C(=O)N(C)C)cc2)CC3)c(C(=O)NCc2ccccc2OC)c1. The van der Waals surface area contributed by atoms with Gasteiger partial charge >= 0.3 is 6.18 Å². The third-order valence-electron chi connectivity index (χ3n) is 7.43. The van der Waals surface area contributed by atoms with Crippen molar-refractivity contribution in [2.45, 2.75) is 19.1 Å². The lowest BCUT2D eigenvalue weighted by molar-refractivity contribution is -0.141. The maximum absolute atomic E-state index is 14.2. The summed E-state index contributed by atoms with van der Waals surface area (Å²) in [5.74, 6) is -0.781. The molecule has 10 nitrogen and oxygen atoms in total. The second-order valence-corrected chi connectivity index (χ2v) is 10.4. The first kappa shape index (κ1) is 31.1. The lowest BCUT2D eigenvalue weighted by Gasteiger charge is -2.28. The van der Waals surface area contributed by atoms with Gasteiger partial charge in [0.15, 0.2) is 5.69 Å². The zero-order chi connectivity index (χ0) is 32.5. The minimum atomic E-state index is -4.86. The Morgan fingerprint density at radius 3 is 2.36 bits per heavy atom. The van der Waals surface area contributed by atoms with E-state index in [0.29, 0.717) is 22.6 Å². The molecular weight excluding hydrogens is 591 g/mol. The van der Waals surface area contributed by atoms with E-state index in [1.54, 1.807) is 62.6 Å². The Morgan fingerprint density at radius 1 is 1.00 bits per heavy atom. The fourth-order valence-electron chi connectivity index (χ4n) is 5.18. The Kier molecular flexibility index (Phi) is 8.53. The van der Waals surface area contributed by atoms with E-state index in [0.717, 1.165) is 4.68 Å². The lowest BCUT2D eigenvalue weighted by atomic mass is 10.0. The highest BCUT2D eigenvalue weighted by Gasteiger charge is 2.43. The molecule has 0 aliphatic carbocycles. The molecular formula is C32H30F3N5O5. The molecule has 3 aromatic carbocycles. The second kappa shape index (κ2) is 12.3. The largest absolute Gasteiger partial charge is 0.497 e. The molecule has 0 atom stereocenters. The summed E-state index contributed by atoms with van der Waals surface area (Å²) in [4.78, 5) is 42.6. The number of benzene rings is 3. The number of nitrogens with one attached hydrogen (secondary N) is 1. The van der Waals surface area contributed by atoms with Gasteiger partial charge in [-0.05, 0) is 55.0 Å². The van der Waals surface area contributed by atoms with Crippen LogP contribution in [0.3, 0.4) is 0 Å². The summed E-state index contributed by atoms with van der Waals surface area (Å²) in [6.07, 6.45) is -5.00. The van der Waals surface area contributed by atoms with Crippen LogP contribution in [0.4, 0.5) is 18.9 Å². The molecule has 45 heavy (non-hydrogen) atoms. The van der Waals surface area contributed by atoms with Crippen molar-refractivity contribution in [2.75, 3.05) is 39.8 Å². The maximum Gasteiger partial charge on any atom is 0.435 e. The molecule has 0 bridgehead atoms. The molecule has 0 unspecified atom stereocenters. The molecule has 5 rings (SSSR count). The first-order valence-corrected chi connectivity index (χ1v) is 13.9. The Balaban J connectivity index is 1.57. The van der Waals surface area contributed by atoms with Gasteiger partial charge in [-0.1, -0.05) is 18.2 Å². The van der Waals surface area contributed by atoms with Crippen molar-refractivity contribution in [3.8, 4) is 17.2 Å². The summed E-state index contributed by atoms with van der Waals surface area (Å²) in [7, 11) is 6.11. The van der Waals surface area contributed by atoms with Gasteiger partial charge in [-0.2, -0.15) is 18.3 Å². The van der Waals surface area contributed by atoms with E-state index in [-0.39, 0.29) is 53.7 Å². The second-order valence-electron chi connectivity index (χ2n) is 10.4. The van der Waals surface area contributed by atoms with E-state index in [4.69, 9.17) is 9.47 Å². The Bertz CT molecular complexity index is 1770. The van der Waals surface area contributed by atoms with Crippen molar-refractivity contribution in [1.82, 2.24) is 20.0 Å². The smallest absolute Gasteiger partial charge is 0.435 e. The van der Waals surface area contributed by atoms with Crippen molar-refractivity contribution < 1.29 is 37.0 Å². The van der Waals surface area contributed by atoms with E-state index in [1.165, 1.54) is 42.2 Å². The summed E-state index contributed by atoms with van der Waals surface area (Å²) in [5.41, 5.74) is -0.411. The number of para-hydroxylation sites is 1. The number of amides is 3. The van der Waals surface area contributed by atoms with Crippen LogP contribution in [0.5, 0.6) is 11.5 Å². The van der Waals surface area contributed by atoms with Crippen LogP contribution < -0.4 is 19.7 Å². The number of fused-ring (bicyclic) bond motifs is 1. The molecule has 3 amide bonds. The van der Waals surface area contributed by atoms with Crippen LogP contribution >= 0.6 is 0 Å². The van der Waals surface area contributed by atoms with Crippen LogP contribution in [0, 0.1) is 0 Å². The number of nitrogens with zero attached hydrogens (tertiary/aromatic N) is 4. The van der Waals surface area contributed by atoms with Gasteiger partial charge in [-0.25, -0.2) is 4.68 Å². The van der Waals surface area contributed by atoms with E-state index < -0.39 is 23.7 Å². The molecule has 0 saturated carbocycles. The monoisotopic (exact) mass is 621 g/mol. The van der Waals surface area contributed by atoms with Crippen molar-refractivity contribution in [2.24, 2.45) is 0 Å². The molecule has 13 heteroatoms. The third-order valence-corrected chi connectivity index (χ3v) is 7.43. The van der Waals surface area contributed by atoms with E-state index in [9.17, 15) is 27.6 Å². The van der Waals surface area contributed by atoms with Crippen molar-refractivity contribution in [1.29, 1.82) is 0 Å². The predicted molar refractivity (Wildman–Crippen MR) is 159 cm³/mol. The van der Waals surface area contributed by atoms with Crippen LogP contribution in [-0.4, -0.2) is 67.3 Å². The predicted octanol–water partition coefficient (Wildman–Crippen LogP) is 4.74. The molecule has 0 saturated heterocycles. The van der Waals surface area contributed by atoms with Crippen molar-refractivity contribution in [3.63, 3.8) is 0 Å². The molecule has 1 N–H and O–H groups in total. The van der Waals surface area contributed by atoms with Gasteiger partial charge < -0.3 is 24.6 Å². The number of methoxy groups -OCH3 is 2. The number of ether oxygens (including phenoxy) is 2. The molecule has 0 fully saturated rings. The zero-order valence-corrected chi connectivity index (χ0v) is 24.9. The number of hydrogen-bond acceptors (Lipinski definition) is 6. The van der Waals surface area contributed by atoms with Crippen LogP contribution in [-0.2, 0) is 19.1 Å². The van der Waals surface area contributed by atoms with Gasteiger partial charge in [-0.15, -0.1) is 0 Å². The molecule has 0 radical (unpaired) electrons. The fourth-order valence-corrected chi connectivity index (χ4v) is 5.18. The standard InChI is InChI=1S/C32H30F3N5O5/c1-38(2)30(42)19-9-11-21(12-10-19)39-16-15-23-27(31(39)43)40(37-28(23)32(33,34)35)25-14-13-22(44-3)17-24(25)29(41)36-18-20-7-5-6-8-26(20)45-4/h5-14,17H,15-16,18H2,1-4H3,(H,36,41). The number of hydrogen-bond donors (Lipinski definition) is 1. The number of alkyl halides is 3. The molecule has 2 heterocycles. The summed E-state index contributed by atoms with van der Waals surface area (Å²) in [5, 5.41) is 6.64. The molecule has 4 aromatic rings. The average Bonchev–Trinajstić information content (AvgIpc) is 3.44. The maximum atomic E-state index is 14.2. The number of carbonyl (C=O) groups is 3. The minimum Gasteiger partial charge on any atom is -0.497 e. The van der Waals surface area contributed by atoms with Gasteiger partial charge in [-0.3, -0.25) is 14.4 Å². The highest BCUT2D eigenvalue weighted by atomic mass is 19.4. The number of carbonyl (C=O) groups excluding carboxylic acids is 3. The molecule has 234 valence electrons. The highest BCUT2D eigenvalue weighted by molar-refractivity contribution is 6.08. The number of aromatic nitrogens is 2. The fraction of sp³-hybridized carbons (Fsp3) is 0.250. The van der Waals surface area contributed by atoms with Gasteiger partial charge in [0.05, 0.1) is 25.5 Å². The first-order valence-electron chi connectivity index (χ1n) is 13.9. The van der Waals surface area contributed by atoms with Crippen molar-refractivity contribution in [3.05, 3.63) is 100 Å². The summed E-state index contributed by atoms with van der Waals surface area (Å²) in [6, 6.07) is 17.5. The lowest BCUT2D eigenvalue weighted by Crippen LogP contribution is -2.39. The number of rotatable bonds is 8. The first-order chi connectivity index (χ1) is 21.4. The average molecular weight is 622 g/mol. The van der Waals surface area contributed by atoms with Gasteiger partial charge in [0.2, 0.25) is 0 Å². The summed E-state index contributed by atoms with van der Waals surface area (Å²) in [6.45, 7) is 0.0139. The zero-order valence-electron chi connectivity index (χ0n) is 24.9. The third kappa shape index (κ3) is 6.06. The van der Waals surface area contributed by atoms with Gasteiger partial charge in [0.1, 0.15) is 17.2 Å². The topological polar surface area (TPSA) is 106 Å². The highest BCUT2D eigenvalue weighted by Crippen LogP contribution is 2.38. The van der Waals surface area contributed by atoms with E-state index in [2.05, 4.69) is 10.4 Å². The molecule has 1 aromatic heterocycles.